The lowest BCUT2D eigenvalue weighted by atomic mass is 10.0. The van der Waals surface area contributed by atoms with E-state index in [1.807, 2.05) is 31.2 Å². The van der Waals surface area contributed by atoms with Gasteiger partial charge in [0.15, 0.2) is 0 Å². The molecule has 0 saturated heterocycles. The van der Waals surface area contributed by atoms with Crippen LogP contribution in [0.2, 0.25) is 0 Å². The molecule has 0 bridgehead atoms. The van der Waals surface area contributed by atoms with Gasteiger partial charge in [-0.05, 0) is 49.1 Å². The molecule has 1 heterocycles. The Hall–Kier alpha value is -3.02. The summed E-state index contributed by atoms with van der Waals surface area (Å²) in [4.78, 5) is 12.7. The second-order valence-corrected chi connectivity index (χ2v) is 6.72. The van der Waals surface area contributed by atoms with Gasteiger partial charge in [0.25, 0.3) is 5.91 Å². The maximum absolute atomic E-state index is 13.5. The molecule has 0 fully saturated rings. The number of amides is 1. The van der Waals surface area contributed by atoms with Crippen molar-refractivity contribution in [3.63, 3.8) is 0 Å². The number of ether oxygens (including phenoxy) is 1. The van der Waals surface area contributed by atoms with Crippen molar-refractivity contribution in [2.24, 2.45) is 5.10 Å². The zero-order valence-electron chi connectivity index (χ0n) is 15.7. The van der Waals surface area contributed by atoms with Gasteiger partial charge in [0.2, 0.25) is 0 Å². The number of benzene rings is 2. The summed E-state index contributed by atoms with van der Waals surface area (Å²) in [5, 5.41) is 5.33. The number of hydrazone groups is 1. The van der Waals surface area contributed by atoms with Crippen molar-refractivity contribution in [1.29, 1.82) is 0 Å². The fraction of sp³-hybridized carbons (Fsp3) is 0.273. The SMILES string of the molecule is C=C(CCCOc1ccccc1C)C(=O)N1N=CCC1c1cc(F)cc(F)c1. The number of aryl methyl sites for hydroxylation is 1. The molecule has 1 aliphatic heterocycles. The topological polar surface area (TPSA) is 41.9 Å². The van der Waals surface area contributed by atoms with Gasteiger partial charge in [-0.2, -0.15) is 5.10 Å². The zero-order chi connectivity index (χ0) is 20.1. The van der Waals surface area contributed by atoms with E-state index in [0.29, 0.717) is 37.0 Å². The van der Waals surface area contributed by atoms with Crippen molar-refractivity contribution < 1.29 is 18.3 Å². The van der Waals surface area contributed by atoms with Crippen LogP contribution in [0.1, 0.15) is 36.4 Å². The van der Waals surface area contributed by atoms with Gasteiger partial charge < -0.3 is 4.74 Å². The highest BCUT2D eigenvalue weighted by Crippen LogP contribution is 2.30. The van der Waals surface area contributed by atoms with Crippen LogP contribution in [0, 0.1) is 18.6 Å². The highest BCUT2D eigenvalue weighted by atomic mass is 19.1. The second-order valence-electron chi connectivity index (χ2n) is 6.72. The van der Waals surface area contributed by atoms with Gasteiger partial charge in [-0.25, -0.2) is 13.8 Å². The summed E-state index contributed by atoms with van der Waals surface area (Å²) in [5.74, 6) is -0.890. The minimum Gasteiger partial charge on any atom is -0.493 e. The molecule has 0 N–H and O–H groups in total. The first-order valence-corrected chi connectivity index (χ1v) is 9.14. The highest BCUT2D eigenvalue weighted by Gasteiger charge is 2.30. The lowest BCUT2D eigenvalue weighted by Gasteiger charge is -2.23. The van der Waals surface area contributed by atoms with E-state index < -0.39 is 17.7 Å². The quantitative estimate of drug-likeness (QED) is 0.501. The standard InChI is InChI=1S/C22H22F2N2O2/c1-15-6-3-4-8-21(15)28-11-5-7-16(2)22(27)26-20(9-10-25-26)17-12-18(23)14-19(24)13-17/h3-4,6,8,10,12-14,20H,2,5,7,9,11H2,1H3. The number of hydrogen-bond donors (Lipinski definition) is 0. The van der Waals surface area contributed by atoms with Crippen LogP contribution in [0.4, 0.5) is 8.78 Å². The Morgan fingerprint density at radius 3 is 2.68 bits per heavy atom. The minimum absolute atomic E-state index is 0.348. The van der Waals surface area contributed by atoms with E-state index in [9.17, 15) is 13.6 Å². The molecule has 2 aromatic rings. The second kappa shape index (κ2) is 8.78. The lowest BCUT2D eigenvalue weighted by molar-refractivity contribution is -0.129. The van der Waals surface area contributed by atoms with E-state index >= 15 is 0 Å². The molecule has 0 radical (unpaired) electrons. The van der Waals surface area contributed by atoms with Gasteiger partial charge in [-0.1, -0.05) is 24.8 Å². The highest BCUT2D eigenvalue weighted by molar-refractivity contribution is 5.94. The zero-order valence-corrected chi connectivity index (χ0v) is 15.7. The largest absolute Gasteiger partial charge is 0.493 e. The summed E-state index contributed by atoms with van der Waals surface area (Å²) in [5.41, 5.74) is 1.81. The van der Waals surface area contributed by atoms with Gasteiger partial charge in [-0.15, -0.1) is 0 Å². The summed E-state index contributed by atoms with van der Waals surface area (Å²) in [7, 11) is 0. The van der Waals surface area contributed by atoms with Crippen molar-refractivity contribution >= 4 is 12.1 Å². The Kier molecular flexibility index (Phi) is 6.19. The number of hydrogen-bond acceptors (Lipinski definition) is 3. The van der Waals surface area contributed by atoms with Crippen LogP contribution in [-0.2, 0) is 4.79 Å². The number of halogens is 2. The van der Waals surface area contributed by atoms with Gasteiger partial charge in [0, 0.05) is 24.3 Å². The molecule has 1 amide bonds. The van der Waals surface area contributed by atoms with Crippen LogP contribution >= 0.6 is 0 Å². The van der Waals surface area contributed by atoms with Crippen molar-refractivity contribution in [3.8, 4) is 5.75 Å². The molecule has 2 aromatic carbocycles. The molecule has 0 aromatic heterocycles. The Morgan fingerprint density at radius 1 is 1.25 bits per heavy atom. The average molecular weight is 384 g/mol. The van der Waals surface area contributed by atoms with Gasteiger partial charge in [0.05, 0.1) is 12.6 Å². The van der Waals surface area contributed by atoms with Crippen molar-refractivity contribution in [1.82, 2.24) is 5.01 Å². The van der Waals surface area contributed by atoms with Crippen molar-refractivity contribution in [3.05, 3.63) is 77.4 Å². The third-order valence-electron chi connectivity index (χ3n) is 4.58. The van der Waals surface area contributed by atoms with Gasteiger partial charge in [0.1, 0.15) is 17.4 Å². The van der Waals surface area contributed by atoms with Crippen molar-refractivity contribution in [2.75, 3.05) is 6.61 Å². The van der Waals surface area contributed by atoms with Gasteiger partial charge >= 0.3 is 0 Å². The predicted molar refractivity (Wildman–Crippen MR) is 104 cm³/mol. The molecule has 1 unspecified atom stereocenters. The Morgan fingerprint density at radius 2 is 1.96 bits per heavy atom. The molecule has 1 atom stereocenters. The number of rotatable bonds is 7. The number of carbonyl (C=O) groups excluding carboxylic acids is 1. The first-order valence-electron chi connectivity index (χ1n) is 9.14. The van der Waals surface area contributed by atoms with E-state index in [2.05, 4.69) is 11.7 Å². The summed E-state index contributed by atoms with van der Waals surface area (Å²) in [6.45, 7) is 6.28. The molecule has 4 nitrogen and oxygen atoms in total. The molecule has 0 spiro atoms. The molecule has 0 aliphatic carbocycles. The first kappa shape index (κ1) is 19.7. The van der Waals surface area contributed by atoms with E-state index in [0.717, 1.165) is 17.4 Å². The monoisotopic (exact) mass is 384 g/mol. The molecule has 3 rings (SSSR count). The molecule has 0 saturated carbocycles. The van der Waals surface area contributed by atoms with Crippen LogP contribution < -0.4 is 4.74 Å². The Labute approximate surface area is 163 Å². The fourth-order valence-electron chi connectivity index (χ4n) is 3.11. The molecule has 6 heteroatoms. The van der Waals surface area contributed by atoms with Crippen LogP contribution in [0.25, 0.3) is 0 Å². The summed E-state index contributed by atoms with van der Waals surface area (Å²) >= 11 is 0. The third-order valence-corrected chi connectivity index (χ3v) is 4.58. The fourth-order valence-corrected chi connectivity index (χ4v) is 3.11. The van der Waals surface area contributed by atoms with E-state index in [4.69, 9.17) is 4.74 Å². The Balaban J connectivity index is 1.55. The van der Waals surface area contributed by atoms with Crippen LogP contribution in [-0.4, -0.2) is 23.7 Å². The first-order chi connectivity index (χ1) is 13.5. The minimum atomic E-state index is -0.679. The Bertz CT molecular complexity index is 891. The number of carbonyl (C=O) groups is 1. The van der Waals surface area contributed by atoms with Crippen LogP contribution in [0.3, 0.4) is 0 Å². The lowest BCUT2D eigenvalue weighted by Crippen LogP contribution is -2.28. The average Bonchev–Trinajstić information content (AvgIpc) is 3.14. The molecule has 1 aliphatic rings. The predicted octanol–water partition coefficient (Wildman–Crippen LogP) is 4.95. The van der Waals surface area contributed by atoms with E-state index in [-0.39, 0.29) is 5.91 Å². The maximum Gasteiger partial charge on any atom is 0.269 e. The van der Waals surface area contributed by atoms with Crippen molar-refractivity contribution in [2.45, 2.75) is 32.2 Å². The number of para-hydroxylation sites is 1. The summed E-state index contributed by atoms with van der Waals surface area (Å²) < 4.78 is 32.8. The third kappa shape index (κ3) is 4.63. The molecule has 28 heavy (non-hydrogen) atoms. The smallest absolute Gasteiger partial charge is 0.269 e. The van der Waals surface area contributed by atoms with E-state index in [1.165, 1.54) is 17.1 Å². The van der Waals surface area contributed by atoms with Gasteiger partial charge in [-0.3, -0.25) is 4.79 Å². The molecular formula is C22H22F2N2O2. The molecule has 146 valence electrons. The number of nitrogens with zero attached hydrogens (tertiary/aromatic N) is 2. The summed E-state index contributed by atoms with van der Waals surface area (Å²) in [6.07, 6.45) is 3.04. The van der Waals surface area contributed by atoms with Crippen LogP contribution in [0.15, 0.2) is 59.7 Å². The maximum atomic E-state index is 13.5. The molecular weight excluding hydrogens is 362 g/mol. The summed E-state index contributed by atoms with van der Waals surface area (Å²) in [6, 6.07) is 10.4. The van der Waals surface area contributed by atoms with E-state index in [1.54, 1.807) is 6.21 Å². The normalized spacial score (nSPS) is 15.7. The van der Waals surface area contributed by atoms with Crippen LogP contribution in [0.5, 0.6) is 5.75 Å².